The Morgan fingerprint density at radius 2 is 2.04 bits per heavy atom. The monoisotopic (exact) mass is 346 g/mol. The number of carbonyl (C=O) groups is 2. The number of likely N-dealkylation sites (tertiary alicyclic amines) is 1. The van der Waals surface area contributed by atoms with E-state index in [4.69, 9.17) is 0 Å². The van der Waals surface area contributed by atoms with Crippen molar-refractivity contribution in [1.29, 1.82) is 0 Å². The highest BCUT2D eigenvalue weighted by Gasteiger charge is 2.43. The number of nitrogens with one attached hydrogen (secondary N) is 1. The van der Waals surface area contributed by atoms with Crippen molar-refractivity contribution >= 4 is 11.8 Å². The van der Waals surface area contributed by atoms with Gasteiger partial charge in [0.05, 0.1) is 12.0 Å². The highest BCUT2D eigenvalue weighted by Crippen LogP contribution is 2.37. The van der Waals surface area contributed by atoms with Crippen LogP contribution in [0.2, 0.25) is 0 Å². The van der Waals surface area contributed by atoms with Gasteiger partial charge in [-0.1, -0.05) is 0 Å². The molecule has 1 atom stereocenters. The van der Waals surface area contributed by atoms with Crippen LogP contribution in [0.15, 0.2) is 24.5 Å². The summed E-state index contributed by atoms with van der Waals surface area (Å²) in [6.07, 6.45) is 7.99. The number of hydrogen-bond donors (Lipinski definition) is 1. The van der Waals surface area contributed by atoms with Crippen molar-refractivity contribution in [3.05, 3.63) is 30.1 Å². The molecule has 0 saturated carbocycles. The van der Waals surface area contributed by atoms with Gasteiger partial charge in [-0.15, -0.1) is 0 Å². The molecule has 1 aliphatic heterocycles. The summed E-state index contributed by atoms with van der Waals surface area (Å²) in [7, 11) is 5.39. The fraction of sp³-hybridized carbons (Fsp3) is 0.632. The topological polar surface area (TPSA) is 65.5 Å². The van der Waals surface area contributed by atoms with Crippen LogP contribution in [-0.4, -0.2) is 67.4 Å². The Bertz CT molecular complexity index is 576. The second-order valence-corrected chi connectivity index (χ2v) is 7.14. The molecule has 0 radical (unpaired) electrons. The average Bonchev–Trinajstić information content (AvgIpc) is 2.62. The maximum atomic E-state index is 13.0. The predicted octanol–water partition coefficient (Wildman–Crippen LogP) is 1.32. The number of aryl methyl sites for hydroxylation is 1. The number of amides is 2. The van der Waals surface area contributed by atoms with Gasteiger partial charge < -0.3 is 15.1 Å². The van der Waals surface area contributed by atoms with E-state index in [-0.39, 0.29) is 11.8 Å². The molecule has 0 aromatic carbocycles. The fourth-order valence-corrected chi connectivity index (χ4v) is 3.75. The summed E-state index contributed by atoms with van der Waals surface area (Å²) >= 11 is 0. The van der Waals surface area contributed by atoms with E-state index >= 15 is 0 Å². The van der Waals surface area contributed by atoms with Gasteiger partial charge in [-0.3, -0.25) is 14.6 Å². The first-order valence-corrected chi connectivity index (χ1v) is 9.01. The molecule has 1 fully saturated rings. The van der Waals surface area contributed by atoms with Gasteiger partial charge in [0, 0.05) is 39.6 Å². The summed E-state index contributed by atoms with van der Waals surface area (Å²) in [5, 5.41) is 2.92. The smallest absolute Gasteiger partial charge is 0.236 e. The lowest BCUT2D eigenvalue weighted by Crippen LogP contribution is -2.54. The van der Waals surface area contributed by atoms with Crippen molar-refractivity contribution < 1.29 is 9.59 Å². The van der Waals surface area contributed by atoms with Crippen molar-refractivity contribution in [1.82, 2.24) is 20.1 Å². The Balaban J connectivity index is 2.08. The van der Waals surface area contributed by atoms with Gasteiger partial charge in [-0.25, -0.2) is 0 Å². The minimum atomic E-state index is -0.460. The molecule has 1 aromatic heterocycles. The zero-order valence-electron chi connectivity index (χ0n) is 15.6. The lowest BCUT2D eigenvalue weighted by molar-refractivity contribution is -0.147. The van der Waals surface area contributed by atoms with E-state index in [1.54, 1.807) is 38.4 Å². The van der Waals surface area contributed by atoms with E-state index < -0.39 is 5.41 Å². The number of piperidine rings is 1. The Morgan fingerprint density at radius 1 is 1.32 bits per heavy atom. The molecule has 138 valence electrons. The fourth-order valence-electron chi connectivity index (χ4n) is 3.75. The number of pyridine rings is 1. The van der Waals surface area contributed by atoms with Gasteiger partial charge in [0.15, 0.2) is 0 Å². The van der Waals surface area contributed by atoms with Crippen LogP contribution < -0.4 is 5.32 Å². The molecule has 0 spiro atoms. The van der Waals surface area contributed by atoms with E-state index in [0.29, 0.717) is 13.1 Å². The first-order chi connectivity index (χ1) is 12.0. The third-order valence-electron chi connectivity index (χ3n) is 4.99. The van der Waals surface area contributed by atoms with Crippen LogP contribution in [0.4, 0.5) is 0 Å². The number of nitrogens with zero attached hydrogens (tertiary/aromatic N) is 3. The third-order valence-corrected chi connectivity index (χ3v) is 4.99. The van der Waals surface area contributed by atoms with Crippen LogP contribution in [-0.2, 0) is 16.0 Å². The Labute approximate surface area is 150 Å². The molecule has 2 heterocycles. The maximum absolute atomic E-state index is 13.0. The normalized spacial score (nSPS) is 20.4. The van der Waals surface area contributed by atoms with Crippen LogP contribution in [0.25, 0.3) is 0 Å². The zero-order valence-corrected chi connectivity index (χ0v) is 15.6. The highest BCUT2D eigenvalue weighted by atomic mass is 16.2. The zero-order chi connectivity index (χ0) is 18.3. The molecule has 6 heteroatoms. The maximum Gasteiger partial charge on any atom is 0.236 e. The van der Waals surface area contributed by atoms with Crippen molar-refractivity contribution in [2.45, 2.75) is 32.1 Å². The van der Waals surface area contributed by atoms with Crippen LogP contribution in [0.1, 0.15) is 31.2 Å². The minimum absolute atomic E-state index is 0.0762. The van der Waals surface area contributed by atoms with E-state index in [1.165, 1.54) is 5.56 Å². The summed E-state index contributed by atoms with van der Waals surface area (Å²) in [6.45, 7) is 1.59. The van der Waals surface area contributed by atoms with Crippen molar-refractivity contribution in [2.75, 3.05) is 40.8 Å². The molecule has 6 nitrogen and oxygen atoms in total. The summed E-state index contributed by atoms with van der Waals surface area (Å²) < 4.78 is 0. The average molecular weight is 346 g/mol. The van der Waals surface area contributed by atoms with Gasteiger partial charge in [0.25, 0.3) is 0 Å². The standard InChI is InChI=1S/C19H30N4O2/c1-20-14-17(24)23-13-5-10-19(15-23,18(25)22(2)3)9-4-6-16-7-11-21-12-8-16/h7-8,11-12,20H,4-6,9-10,13-15H2,1-3H3/t19-/m0/s1. The molecule has 1 saturated heterocycles. The minimum Gasteiger partial charge on any atom is -0.348 e. The first-order valence-electron chi connectivity index (χ1n) is 9.01. The summed E-state index contributed by atoms with van der Waals surface area (Å²) in [5.74, 6) is 0.219. The molecule has 0 unspecified atom stereocenters. The largest absolute Gasteiger partial charge is 0.348 e. The number of carbonyl (C=O) groups excluding carboxylic acids is 2. The summed E-state index contributed by atoms with van der Waals surface area (Å²) in [6, 6.07) is 4.04. The number of rotatable bonds is 7. The van der Waals surface area contributed by atoms with Crippen LogP contribution >= 0.6 is 0 Å². The van der Waals surface area contributed by atoms with Crippen LogP contribution in [0.3, 0.4) is 0 Å². The van der Waals surface area contributed by atoms with Gasteiger partial charge in [-0.05, 0) is 56.8 Å². The molecule has 1 aromatic rings. The molecule has 0 aliphatic carbocycles. The molecule has 2 amide bonds. The Morgan fingerprint density at radius 3 is 2.68 bits per heavy atom. The quantitative estimate of drug-likeness (QED) is 0.809. The van der Waals surface area contributed by atoms with E-state index in [2.05, 4.69) is 10.3 Å². The van der Waals surface area contributed by atoms with Crippen molar-refractivity contribution in [3.8, 4) is 0 Å². The van der Waals surface area contributed by atoms with E-state index in [1.807, 2.05) is 17.0 Å². The molecule has 25 heavy (non-hydrogen) atoms. The SMILES string of the molecule is CNCC(=O)N1CCC[C@](CCCc2ccncc2)(C(=O)N(C)C)C1. The predicted molar refractivity (Wildman–Crippen MR) is 98.0 cm³/mol. The van der Waals surface area contributed by atoms with Crippen molar-refractivity contribution in [2.24, 2.45) is 5.41 Å². The second kappa shape index (κ2) is 8.94. The van der Waals surface area contributed by atoms with Crippen molar-refractivity contribution in [3.63, 3.8) is 0 Å². The molecule has 1 aliphatic rings. The first kappa shape index (κ1) is 19.4. The molecule has 0 bridgehead atoms. The lowest BCUT2D eigenvalue weighted by Gasteiger charge is -2.43. The Hall–Kier alpha value is -1.95. The Kier molecular flexibility index (Phi) is 6.93. The summed E-state index contributed by atoms with van der Waals surface area (Å²) in [5.41, 5.74) is 0.777. The van der Waals surface area contributed by atoms with Gasteiger partial charge >= 0.3 is 0 Å². The number of aromatic nitrogens is 1. The lowest BCUT2D eigenvalue weighted by atomic mass is 9.74. The number of likely N-dealkylation sites (N-methyl/N-ethyl adjacent to an activating group) is 1. The van der Waals surface area contributed by atoms with E-state index in [0.717, 1.165) is 38.6 Å². The van der Waals surface area contributed by atoms with Crippen LogP contribution in [0, 0.1) is 5.41 Å². The molecular weight excluding hydrogens is 316 g/mol. The molecular formula is C19H30N4O2. The van der Waals surface area contributed by atoms with Gasteiger partial charge in [0.1, 0.15) is 0 Å². The third kappa shape index (κ3) is 5.01. The molecule has 2 rings (SSSR count). The van der Waals surface area contributed by atoms with Gasteiger partial charge in [-0.2, -0.15) is 0 Å². The number of hydrogen-bond acceptors (Lipinski definition) is 4. The molecule has 1 N–H and O–H groups in total. The second-order valence-electron chi connectivity index (χ2n) is 7.14. The highest BCUT2D eigenvalue weighted by molar-refractivity contribution is 5.84. The summed E-state index contributed by atoms with van der Waals surface area (Å²) in [4.78, 5) is 32.8. The van der Waals surface area contributed by atoms with Gasteiger partial charge in [0.2, 0.25) is 11.8 Å². The van der Waals surface area contributed by atoms with E-state index in [9.17, 15) is 9.59 Å². The van der Waals surface area contributed by atoms with Crippen LogP contribution in [0.5, 0.6) is 0 Å².